The molecule has 2 atom stereocenters. The molecular weight excluding hydrogens is 721 g/mol. The topological polar surface area (TPSA) is 127 Å². The Kier molecular flexibility index (Phi) is 10.7. The van der Waals surface area contributed by atoms with Gasteiger partial charge in [0.1, 0.15) is 16.8 Å². The van der Waals surface area contributed by atoms with Gasteiger partial charge >= 0.3 is 5.97 Å². The van der Waals surface area contributed by atoms with E-state index in [2.05, 4.69) is 10.1 Å². The van der Waals surface area contributed by atoms with Gasteiger partial charge in [-0.2, -0.15) is 12.7 Å². The van der Waals surface area contributed by atoms with Gasteiger partial charge in [0.15, 0.2) is 0 Å². The first-order valence-corrected chi connectivity index (χ1v) is 20.1. The van der Waals surface area contributed by atoms with Crippen LogP contribution in [0.25, 0.3) is 6.08 Å². The molecule has 5 aromatic rings. The van der Waals surface area contributed by atoms with Gasteiger partial charge in [-0.1, -0.05) is 126 Å². The summed E-state index contributed by atoms with van der Waals surface area (Å²) in [6.45, 7) is 6.86. The summed E-state index contributed by atoms with van der Waals surface area (Å²) in [5, 5.41) is 0. The number of hydrogen-bond acceptors (Lipinski definition) is 7. The van der Waals surface area contributed by atoms with Crippen molar-refractivity contribution in [3.05, 3.63) is 179 Å². The van der Waals surface area contributed by atoms with Crippen LogP contribution in [-0.2, 0) is 39.8 Å². The second kappa shape index (κ2) is 15.2. The number of carbonyl (C=O) groups is 2. The molecule has 0 bridgehead atoms. The van der Waals surface area contributed by atoms with Crippen LogP contribution in [0.4, 0.5) is 0 Å². The van der Waals surface area contributed by atoms with E-state index >= 15 is 4.79 Å². The standard InChI is InChI=1S/C43H38N2O7S2/c1-30(2)52-41(46)38(29-24-33-14-8-5-9-15-33)43(35-18-12-7-13-19-35)39(34-16-10-6-11-17-34)40(44-53(48,49)36-25-20-31(3)21-26-36)45(42(43)47)54(50,51)37-27-22-32(4)23-28-37/h5-28,30,39H,1-4H3/b44-40+/t29?,39-,43+/m1/s1. The maximum Gasteiger partial charge on any atom is 0.343 e. The first kappa shape index (κ1) is 37.9. The second-order valence-corrected chi connectivity index (χ2v) is 16.6. The minimum absolute atomic E-state index is 0.190. The van der Waals surface area contributed by atoms with Crippen LogP contribution in [-0.4, -0.2) is 45.0 Å². The van der Waals surface area contributed by atoms with E-state index in [0.717, 1.165) is 11.1 Å². The lowest BCUT2D eigenvalue weighted by Crippen LogP contribution is -2.46. The van der Waals surface area contributed by atoms with E-state index in [1.807, 2.05) is 6.07 Å². The molecule has 6 rings (SSSR count). The molecular formula is C43H38N2O7S2. The summed E-state index contributed by atoms with van der Waals surface area (Å²) in [7, 11) is -9.58. The number of rotatable bonds is 10. The number of carbonyl (C=O) groups excluding carboxylic acids is 2. The molecule has 0 spiro atoms. The summed E-state index contributed by atoms with van der Waals surface area (Å²) in [5.41, 5.74) is 3.11. The number of benzene rings is 5. The van der Waals surface area contributed by atoms with Crippen molar-refractivity contribution in [1.82, 2.24) is 4.31 Å². The Bertz CT molecular complexity index is 2490. The van der Waals surface area contributed by atoms with Gasteiger partial charge in [-0.25, -0.2) is 13.2 Å². The SMILES string of the molecule is Cc1ccc(S(=O)(=O)/N=C2\[C@@H](c3ccccc3)[C@@](C(=C=Cc3ccccc3)C(=O)OC(C)C)(c3ccccc3)C(=O)N2S(=O)(=O)c2ccc(C)cc2)cc1. The molecule has 1 aliphatic heterocycles. The maximum absolute atomic E-state index is 15.8. The lowest BCUT2D eigenvalue weighted by molar-refractivity contribution is -0.145. The summed E-state index contributed by atoms with van der Waals surface area (Å²) in [6.07, 6.45) is 0.849. The van der Waals surface area contributed by atoms with Crippen molar-refractivity contribution < 1.29 is 31.2 Å². The zero-order valence-corrected chi connectivity index (χ0v) is 31.7. The molecule has 0 radical (unpaired) electrons. The normalized spacial score (nSPS) is 18.0. The predicted molar refractivity (Wildman–Crippen MR) is 207 cm³/mol. The van der Waals surface area contributed by atoms with Gasteiger partial charge in [-0.3, -0.25) is 4.79 Å². The van der Waals surface area contributed by atoms with Crippen molar-refractivity contribution in [1.29, 1.82) is 0 Å². The minimum Gasteiger partial charge on any atom is -0.459 e. The van der Waals surface area contributed by atoms with Crippen molar-refractivity contribution in [3.8, 4) is 0 Å². The Morgan fingerprint density at radius 1 is 0.741 bits per heavy atom. The summed E-state index contributed by atoms with van der Waals surface area (Å²) in [4.78, 5) is 29.9. The van der Waals surface area contributed by atoms with Crippen LogP contribution in [0.1, 0.15) is 47.6 Å². The Morgan fingerprint density at radius 3 is 1.78 bits per heavy atom. The number of ether oxygens (including phenoxy) is 1. The van der Waals surface area contributed by atoms with E-state index in [1.165, 1.54) is 30.3 Å². The van der Waals surface area contributed by atoms with Crippen LogP contribution < -0.4 is 0 Å². The van der Waals surface area contributed by atoms with E-state index in [1.54, 1.807) is 137 Å². The highest BCUT2D eigenvalue weighted by Crippen LogP contribution is 2.54. The Labute approximate surface area is 316 Å². The number of sulfonamides is 2. The number of nitrogens with zero attached hydrogens (tertiary/aromatic N) is 2. The molecule has 11 heteroatoms. The van der Waals surface area contributed by atoms with Crippen molar-refractivity contribution in [2.24, 2.45) is 4.40 Å². The van der Waals surface area contributed by atoms with Crippen LogP contribution in [0.15, 0.2) is 165 Å². The van der Waals surface area contributed by atoms with Crippen LogP contribution in [0, 0.1) is 13.8 Å². The fourth-order valence-electron chi connectivity index (χ4n) is 6.47. The van der Waals surface area contributed by atoms with Crippen molar-refractivity contribution >= 4 is 43.8 Å². The van der Waals surface area contributed by atoms with Gasteiger partial charge in [0.05, 0.1) is 21.8 Å². The lowest BCUT2D eigenvalue weighted by Gasteiger charge is -2.33. The third-order valence-corrected chi connectivity index (χ3v) is 12.0. The monoisotopic (exact) mass is 758 g/mol. The zero-order valence-electron chi connectivity index (χ0n) is 30.1. The third-order valence-electron chi connectivity index (χ3n) is 9.00. The van der Waals surface area contributed by atoms with E-state index < -0.39 is 55.2 Å². The van der Waals surface area contributed by atoms with Gasteiger partial charge in [0, 0.05) is 0 Å². The molecule has 1 heterocycles. The van der Waals surface area contributed by atoms with E-state index in [-0.39, 0.29) is 20.9 Å². The molecule has 0 aliphatic carbocycles. The fourth-order valence-corrected chi connectivity index (χ4v) is 8.98. The smallest absolute Gasteiger partial charge is 0.343 e. The van der Waals surface area contributed by atoms with Gasteiger partial charge < -0.3 is 4.74 Å². The summed E-state index contributed by atoms with van der Waals surface area (Å²) >= 11 is 0. The van der Waals surface area contributed by atoms with Gasteiger partial charge in [0.25, 0.3) is 26.0 Å². The number of amidine groups is 1. The molecule has 9 nitrogen and oxygen atoms in total. The maximum atomic E-state index is 15.8. The predicted octanol–water partition coefficient (Wildman–Crippen LogP) is 7.53. The Morgan fingerprint density at radius 2 is 1.24 bits per heavy atom. The molecule has 274 valence electrons. The number of aryl methyl sites for hydroxylation is 2. The molecule has 5 aromatic carbocycles. The van der Waals surface area contributed by atoms with E-state index in [0.29, 0.717) is 15.4 Å². The van der Waals surface area contributed by atoms with Crippen LogP contribution in [0.2, 0.25) is 0 Å². The summed E-state index contributed by atoms with van der Waals surface area (Å²) < 4.78 is 69.0. The average molecular weight is 759 g/mol. The van der Waals surface area contributed by atoms with E-state index in [4.69, 9.17) is 4.74 Å². The highest BCUT2D eigenvalue weighted by Gasteiger charge is 2.66. The molecule has 1 saturated heterocycles. The summed E-state index contributed by atoms with van der Waals surface area (Å²) in [5.74, 6) is -4.22. The molecule has 0 aromatic heterocycles. The molecule has 0 saturated carbocycles. The number of amides is 1. The largest absolute Gasteiger partial charge is 0.459 e. The number of hydrogen-bond donors (Lipinski definition) is 0. The molecule has 0 N–H and O–H groups in total. The summed E-state index contributed by atoms with van der Waals surface area (Å²) in [6, 6.07) is 37.2. The first-order valence-electron chi connectivity index (χ1n) is 17.2. The Hall–Kier alpha value is -5.87. The second-order valence-electron chi connectivity index (χ2n) is 13.2. The molecule has 1 aliphatic rings. The van der Waals surface area contributed by atoms with Gasteiger partial charge in [0.2, 0.25) is 0 Å². The highest BCUT2D eigenvalue weighted by molar-refractivity contribution is 7.91. The molecule has 1 fully saturated rings. The molecule has 54 heavy (non-hydrogen) atoms. The van der Waals surface area contributed by atoms with Crippen LogP contribution in [0.5, 0.6) is 0 Å². The van der Waals surface area contributed by atoms with Crippen molar-refractivity contribution in [2.45, 2.75) is 54.9 Å². The van der Waals surface area contributed by atoms with Crippen molar-refractivity contribution in [3.63, 3.8) is 0 Å². The molecule has 0 unspecified atom stereocenters. The van der Waals surface area contributed by atoms with Gasteiger partial charge in [-0.05, 0) is 74.7 Å². The van der Waals surface area contributed by atoms with Crippen LogP contribution >= 0.6 is 0 Å². The van der Waals surface area contributed by atoms with Crippen molar-refractivity contribution in [2.75, 3.05) is 0 Å². The minimum atomic E-state index is -4.90. The third kappa shape index (κ3) is 7.21. The fraction of sp³-hybridized carbons (Fsp3) is 0.163. The van der Waals surface area contributed by atoms with E-state index in [9.17, 15) is 21.6 Å². The Balaban J connectivity index is 1.82. The molecule has 1 amide bonds. The number of esters is 1. The average Bonchev–Trinajstić information content (AvgIpc) is 3.40. The lowest BCUT2D eigenvalue weighted by atomic mass is 9.64. The van der Waals surface area contributed by atoms with Crippen LogP contribution in [0.3, 0.4) is 0 Å². The van der Waals surface area contributed by atoms with Gasteiger partial charge in [-0.15, -0.1) is 10.1 Å². The first-order chi connectivity index (χ1) is 25.8. The highest BCUT2D eigenvalue weighted by atomic mass is 32.2. The quantitative estimate of drug-likeness (QED) is 0.0819. The zero-order chi connectivity index (χ0) is 38.7.